The van der Waals surface area contributed by atoms with Crippen LogP contribution in [0.3, 0.4) is 0 Å². The van der Waals surface area contributed by atoms with E-state index in [1.54, 1.807) is 6.20 Å². The zero-order valence-electron chi connectivity index (χ0n) is 6.45. The highest BCUT2D eigenvalue weighted by Gasteiger charge is 2.13. The predicted molar refractivity (Wildman–Crippen MR) is 50.5 cm³/mol. The van der Waals surface area contributed by atoms with Gasteiger partial charge >= 0.3 is 5.97 Å². The Labute approximate surface area is 82.6 Å². The molecule has 0 saturated heterocycles. The first kappa shape index (κ1) is 9.67. The highest BCUT2D eigenvalue weighted by Crippen LogP contribution is 2.27. The normalized spacial score (nSPS) is 12.8. The predicted octanol–water partition coefficient (Wildman–Crippen LogP) is 2.48. The van der Waals surface area contributed by atoms with E-state index in [1.165, 1.54) is 11.3 Å². The quantitative estimate of drug-likeness (QED) is 0.896. The molecule has 0 aliphatic rings. The van der Waals surface area contributed by atoms with Crippen LogP contribution in [-0.2, 0) is 4.79 Å². The largest absolute Gasteiger partial charge is 0.481 e. The summed E-state index contributed by atoms with van der Waals surface area (Å²) in [7, 11) is 0. The summed E-state index contributed by atoms with van der Waals surface area (Å²) in [6.45, 7) is 1.86. The monoisotopic (exact) mass is 249 g/mol. The molecule has 12 heavy (non-hydrogen) atoms. The second-order valence-electron chi connectivity index (χ2n) is 2.50. The van der Waals surface area contributed by atoms with Crippen molar-refractivity contribution in [3.8, 4) is 0 Å². The van der Waals surface area contributed by atoms with Crippen LogP contribution in [0.2, 0.25) is 0 Å². The Hall–Kier alpha value is -0.420. The summed E-state index contributed by atoms with van der Waals surface area (Å²) in [5, 5.41) is 9.38. The number of carboxylic acid groups (broad SMARTS) is 1. The summed E-state index contributed by atoms with van der Waals surface area (Å²) in [6.07, 6.45) is 1.83. The van der Waals surface area contributed by atoms with Crippen molar-refractivity contribution in [1.29, 1.82) is 0 Å². The SMILES string of the molecule is CC(CC(=O)O)c1ncc(Br)s1. The van der Waals surface area contributed by atoms with E-state index in [4.69, 9.17) is 5.11 Å². The van der Waals surface area contributed by atoms with Gasteiger partial charge in [-0.05, 0) is 15.9 Å². The maximum absolute atomic E-state index is 10.4. The lowest BCUT2D eigenvalue weighted by Gasteiger charge is -2.02. The van der Waals surface area contributed by atoms with Crippen LogP contribution in [0, 0.1) is 0 Å². The summed E-state index contributed by atoms with van der Waals surface area (Å²) in [6, 6.07) is 0. The molecule has 0 fully saturated rings. The number of aromatic nitrogens is 1. The van der Waals surface area contributed by atoms with Gasteiger partial charge in [0, 0.05) is 5.92 Å². The van der Waals surface area contributed by atoms with Gasteiger partial charge in [0.2, 0.25) is 0 Å². The zero-order valence-corrected chi connectivity index (χ0v) is 8.85. The number of nitrogens with zero attached hydrogens (tertiary/aromatic N) is 1. The molecular formula is C7H8BrNO2S. The van der Waals surface area contributed by atoms with E-state index in [0.717, 1.165) is 8.79 Å². The van der Waals surface area contributed by atoms with Crippen molar-refractivity contribution in [2.75, 3.05) is 0 Å². The lowest BCUT2D eigenvalue weighted by atomic mass is 10.1. The van der Waals surface area contributed by atoms with Crippen molar-refractivity contribution in [3.05, 3.63) is 15.0 Å². The van der Waals surface area contributed by atoms with E-state index in [-0.39, 0.29) is 12.3 Å². The minimum absolute atomic E-state index is 0.00111. The maximum atomic E-state index is 10.4. The molecule has 0 aliphatic carbocycles. The molecule has 0 spiro atoms. The van der Waals surface area contributed by atoms with Gasteiger partial charge in [-0.25, -0.2) is 4.98 Å². The summed E-state index contributed by atoms with van der Waals surface area (Å²) < 4.78 is 0.940. The Balaban J connectivity index is 2.64. The van der Waals surface area contributed by atoms with E-state index in [1.807, 2.05) is 6.92 Å². The third-order valence-corrected chi connectivity index (χ3v) is 3.11. The number of aliphatic carboxylic acids is 1. The summed E-state index contributed by atoms with van der Waals surface area (Å²) in [4.78, 5) is 14.4. The molecule has 1 aromatic rings. The molecule has 1 heterocycles. The number of halogens is 1. The minimum Gasteiger partial charge on any atom is -0.481 e. The van der Waals surface area contributed by atoms with E-state index in [9.17, 15) is 4.79 Å². The van der Waals surface area contributed by atoms with Gasteiger partial charge in [-0.2, -0.15) is 0 Å². The number of hydrogen-bond donors (Lipinski definition) is 1. The molecule has 0 amide bonds. The highest BCUT2D eigenvalue weighted by molar-refractivity contribution is 9.11. The fourth-order valence-corrected chi connectivity index (χ4v) is 2.14. The molecule has 0 saturated carbocycles. The van der Waals surface area contributed by atoms with Crippen LogP contribution in [0.15, 0.2) is 9.98 Å². The summed E-state index contributed by atoms with van der Waals surface area (Å²) in [5.74, 6) is -0.785. The number of rotatable bonds is 3. The van der Waals surface area contributed by atoms with E-state index in [2.05, 4.69) is 20.9 Å². The number of carboxylic acids is 1. The standard InChI is InChI=1S/C7H8BrNO2S/c1-4(2-6(10)11)7-9-3-5(8)12-7/h3-4H,2H2,1H3,(H,10,11). The lowest BCUT2D eigenvalue weighted by molar-refractivity contribution is -0.137. The van der Waals surface area contributed by atoms with Gasteiger partial charge in [0.15, 0.2) is 0 Å². The molecule has 3 nitrogen and oxygen atoms in total. The number of thiazole rings is 1. The van der Waals surface area contributed by atoms with Gasteiger partial charge < -0.3 is 5.11 Å². The van der Waals surface area contributed by atoms with Crippen LogP contribution in [-0.4, -0.2) is 16.1 Å². The van der Waals surface area contributed by atoms with Crippen molar-refractivity contribution >= 4 is 33.2 Å². The number of carbonyl (C=O) groups is 1. The Kier molecular flexibility index (Phi) is 3.22. The zero-order chi connectivity index (χ0) is 9.14. The average molecular weight is 250 g/mol. The van der Waals surface area contributed by atoms with Crippen LogP contribution in [0.4, 0.5) is 0 Å². The van der Waals surface area contributed by atoms with Gasteiger partial charge in [-0.3, -0.25) is 4.79 Å². The second kappa shape index (κ2) is 4.00. The molecule has 0 radical (unpaired) electrons. The Morgan fingerprint density at radius 1 is 1.92 bits per heavy atom. The van der Waals surface area contributed by atoms with Gasteiger partial charge in [0.25, 0.3) is 0 Å². The Morgan fingerprint density at radius 2 is 2.58 bits per heavy atom. The fraction of sp³-hybridized carbons (Fsp3) is 0.429. The van der Waals surface area contributed by atoms with E-state index in [0.29, 0.717) is 0 Å². The second-order valence-corrected chi connectivity index (χ2v) is 4.94. The van der Waals surface area contributed by atoms with E-state index < -0.39 is 5.97 Å². The van der Waals surface area contributed by atoms with E-state index >= 15 is 0 Å². The van der Waals surface area contributed by atoms with Crippen LogP contribution in [0.5, 0.6) is 0 Å². The van der Waals surface area contributed by atoms with Gasteiger partial charge in [0.05, 0.1) is 21.4 Å². The van der Waals surface area contributed by atoms with Crippen LogP contribution >= 0.6 is 27.3 Å². The molecule has 0 aliphatic heterocycles. The van der Waals surface area contributed by atoms with Crippen molar-refractivity contribution in [2.45, 2.75) is 19.3 Å². The first-order valence-corrected chi connectivity index (χ1v) is 5.03. The molecule has 5 heteroatoms. The fourth-order valence-electron chi connectivity index (χ4n) is 0.844. The molecule has 66 valence electrons. The van der Waals surface area contributed by atoms with Crippen LogP contribution in [0.25, 0.3) is 0 Å². The topological polar surface area (TPSA) is 50.2 Å². The molecule has 1 N–H and O–H groups in total. The maximum Gasteiger partial charge on any atom is 0.304 e. The lowest BCUT2D eigenvalue weighted by Crippen LogP contribution is -2.01. The first-order chi connectivity index (χ1) is 5.59. The molecule has 1 rings (SSSR count). The van der Waals surface area contributed by atoms with Crippen molar-refractivity contribution in [3.63, 3.8) is 0 Å². The first-order valence-electron chi connectivity index (χ1n) is 3.42. The van der Waals surface area contributed by atoms with Gasteiger partial charge in [-0.15, -0.1) is 11.3 Å². The van der Waals surface area contributed by atoms with Crippen molar-refractivity contribution in [2.24, 2.45) is 0 Å². The van der Waals surface area contributed by atoms with Crippen LogP contribution in [0.1, 0.15) is 24.3 Å². The highest BCUT2D eigenvalue weighted by atomic mass is 79.9. The summed E-state index contributed by atoms with van der Waals surface area (Å²) >= 11 is 4.76. The molecule has 1 aromatic heterocycles. The molecule has 1 atom stereocenters. The van der Waals surface area contributed by atoms with Crippen molar-refractivity contribution < 1.29 is 9.90 Å². The Bertz CT molecular complexity index is 287. The van der Waals surface area contributed by atoms with Crippen LogP contribution < -0.4 is 0 Å². The number of hydrogen-bond acceptors (Lipinski definition) is 3. The molecule has 0 aromatic carbocycles. The minimum atomic E-state index is -0.783. The smallest absolute Gasteiger partial charge is 0.304 e. The van der Waals surface area contributed by atoms with Gasteiger partial charge in [-0.1, -0.05) is 6.92 Å². The van der Waals surface area contributed by atoms with Gasteiger partial charge in [0.1, 0.15) is 0 Å². The average Bonchev–Trinajstić information content (AvgIpc) is 2.34. The third kappa shape index (κ3) is 2.57. The van der Waals surface area contributed by atoms with Crippen molar-refractivity contribution in [1.82, 2.24) is 4.98 Å². The third-order valence-electron chi connectivity index (χ3n) is 1.40. The molecule has 0 bridgehead atoms. The summed E-state index contributed by atoms with van der Waals surface area (Å²) in [5.41, 5.74) is 0. The Morgan fingerprint density at radius 3 is 3.00 bits per heavy atom. The molecule has 1 unspecified atom stereocenters. The molecular weight excluding hydrogens is 242 g/mol.